The Morgan fingerprint density at radius 1 is 1.58 bits per heavy atom. The van der Waals surface area contributed by atoms with E-state index in [9.17, 15) is 14.0 Å². The summed E-state index contributed by atoms with van der Waals surface area (Å²) in [5, 5.41) is 8.59. The zero-order valence-electron chi connectivity index (χ0n) is 10.2. The lowest BCUT2D eigenvalue weighted by atomic mass is 10.2. The van der Waals surface area contributed by atoms with Crippen molar-refractivity contribution in [2.45, 2.75) is 18.6 Å². The lowest BCUT2D eigenvalue weighted by Gasteiger charge is -2.17. The molecule has 0 saturated carbocycles. The Bertz CT molecular complexity index is 582. The Morgan fingerprint density at radius 3 is 2.95 bits per heavy atom. The van der Waals surface area contributed by atoms with Crippen LogP contribution in [0.2, 0.25) is 0 Å². The van der Waals surface area contributed by atoms with Crippen LogP contribution in [0, 0.1) is 17.1 Å². The fourth-order valence-corrected chi connectivity index (χ4v) is 2.93. The number of hydrogen-bond donors (Lipinski definition) is 0. The van der Waals surface area contributed by atoms with Crippen molar-refractivity contribution in [3.63, 3.8) is 0 Å². The molecule has 1 aliphatic rings. The average Bonchev–Trinajstić information content (AvgIpc) is 2.70. The molecule has 1 saturated heterocycles. The van der Waals surface area contributed by atoms with Crippen LogP contribution in [0.3, 0.4) is 0 Å². The van der Waals surface area contributed by atoms with Gasteiger partial charge in [-0.2, -0.15) is 5.26 Å². The second kappa shape index (κ2) is 5.41. The topological polar surface area (TPSA) is 61.2 Å². The summed E-state index contributed by atoms with van der Waals surface area (Å²) < 4.78 is 13.7. The molecular formula is C13H11FN2O2S. The molecule has 6 heteroatoms. The van der Waals surface area contributed by atoms with E-state index < -0.39 is 5.82 Å². The summed E-state index contributed by atoms with van der Waals surface area (Å²) >= 11 is 1.09. The van der Waals surface area contributed by atoms with Crippen molar-refractivity contribution < 1.29 is 14.0 Å². The van der Waals surface area contributed by atoms with Crippen LogP contribution >= 0.6 is 11.8 Å². The molecule has 1 heterocycles. The second-order valence-electron chi connectivity index (χ2n) is 4.22. The lowest BCUT2D eigenvalue weighted by Crippen LogP contribution is -2.26. The van der Waals surface area contributed by atoms with Gasteiger partial charge in [-0.3, -0.25) is 9.59 Å². The molecule has 1 aromatic rings. The number of carbonyl (C=O) groups is 2. The fraction of sp³-hybridized carbons (Fsp3) is 0.308. The molecule has 0 aliphatic carbocycles. The summed E-state index contributed by atoms with van der Waals surface area (Å²) in [5.74, 6) is -0.770. The van der Waals surface area contributed by atoms with Crippen LogP contribution in [-0.4, -0.2) is 22.8 Å². The second-order valence-corrected chi connectivity index (χ2v) is 5.70. The Hall–Kier alpha value is -1.87. The number of benzene rings is 1. The monoisotopic (exact) mass is 278 g/mol. The van der Waals surface area contributed by atoms with E-state index in [0.29, 0.717) is 5.56 Å². The van der Waals surface area contributed by atoms with E-state index in [1.54, 1.807) is 0 Å². The summed E-state index contributed by atoms with van der Waals surface area (Å²) in [6, 6.07) is 5.80. The summed E-state index contributed by atoms with van der Waals surface area (Å²) in [5.41, 5.74) is 0.405. The zero-order chi connectivity index (χ0) is 14.0. The van der Waals surface area contributed by atoms with Gasteiger partial charge in [0.15, 0.2) is 5.12 Å². The van der Waals surface area contributed by atoms with Gasteiger partial charge in [0, 0.05) is 25.1 Å². The van der Waals surface area contributed by atoms with Crippen LogP contribution < -0.4 is 4.90 Å². The number of thioether (sulfide) groups is 1. The number of carbonyl (C=O) groups excluding carboxylic acids is 2. The molecule has 2 rings (SSSR count). The van der Waals surface area contributed by atoms with Gasteiger partial charge in [-0.15, -0.1) is 0 Å². The molecule has 0 N–H and O–H groups in total. The minimum atomic E-state index is -0.541. The molecule has 1 amide bonds. The first kappa shape index (κ1) is 13.6. The van der Waals surface area contributed by atoms with Gasteiger partial charge in [0.2, 0.25) is 5.91 Å². The van der Waals surface area contributed by atoms with E-state index in [0.717, 1.165) is 11.8 Å². The number of amides is 1. The molecule has 1 aromatic carbocycles. The predicted molar refractivity (Wildman–Crippen MR) is 70.1 cm³/mol. The van der Waals surface area contributed by atoms with Crippen molar-refractivity contribution >= 4 is 28.5 Å². The van der Waals surface area contributed by atoms with Crippen molar-refractivity contribution in [2.24, 2.45) is 0 Å². The van der Waals surface area contributed by atoms with Crippen LogP contribution in [0.15, 0.2) is 18.2 Å². The smallest absolute Gasteiger partial charge is 0.228 e. The van der Waals surface area contributed by atoms with Crippen LogP contribution in [0.5, 0.6) is 0 Å². The first-order valence-corrected chi connectivity index (χ1v) is 6.56. The van der Waals surface area contributed by atoms with Crippen LogP contribution in [-0.2, 0) is 9.59 Å². The highest BCUT2D eigenvalue weighted by Gasteiger charge is 2.33. The Balaban J connectivity index is 2.25. The quantitative estimate of drug-likeness (QED) is 0.831. The van der Waals surface area contributed by atoms with E-state index in [1.165, 1.54) is 30.0 Å². The van der Waals surface area contributed by atoms with Gasteiger partial charge in [0.25, 0.3) is 0 Å². The van der Waals surface area contributed by atoms with Gasteiger partial charge in [0.1, 0.15) is 5.82 Å². The number of anilines is 1. The molecule has 19 heavy (non-hydrogen) atoms. The maximum atomic E-state index is 13.7. The van der Waals surface area contributed by atoms with Crippen molar-refractivity contribution in [3.8, 4) is 6.07 Å². The van der Waals surface area contributed by atoms with Crippen molar-refractivity contribution in [1.82, 2.24) is 0 Å². The summed E-state index contributed by atoms with van der Waals surface area (Å²) in [7, 11) is 0. The molecule has 4 nitrogen and oxygen atoms in total. The molecule has 0 aromatic heterocycles. The zero-order valence-corrected chi connectivity index (χ0v) is 11.0. The molecule has 1 aliphatic heterocycles. The van der Waals surface area contributed by atoms with E-state index in [-0.39, 0.29) is 34.9 Å². The lowest BCUT2D eigenvalue weighted by molar-refractivity contribution is -0.117. The van der Waals surface area contributed by atoms with Crippen LogP contribution in [0.25, 0.3) is 0 Å². The Morgan fingerprint density at radius 2 is 2.32 bits per heavy atom. The molecule has 98 valence electrons. The predicted octanol–water partition coefficient (Wildman–Crippen LogP) is 2.08. The van der Waals surface area contributed by atoms with E-state index in [1.807, 2.05) is 6.07 Å². The molecule has 1 fully saturated rings. The molecule has 0 bridgehead atoms. The largest absolute Gasteiger partial charge is 0.308 e. The Labute approximate surface area is 114 Å². The maximum Gasteiger partial charge on any atom is 0.228 e. The summed E-state index contributed by atoms with van der Waals surface area (Å²) in [6.07, 6.45) is 0.209. The van der Waals surface area contributed by atoms with Gasteiger partial charge < -0.3 is 4.90 Å². The van der Waals surface area contributed by atoms with Gasteiger partial charge >= 0.3 is 0 Å². The number of nitrogens with zero attached hydrogens (tertiary/aromatic N) is 2. The number of hydrogen-bond acceptors (Lipinski definition) is 4. The maximum absolute atomic E-state index is 13.7. The minimum Gasteiger partial charge on any atom is -0.308 e. The molecular weight excluding hydrogens is 267 g/mol. The van der Waals surface area contributed by atoms with Crippen molar-refractivity contribution in [1.29, 1.82) is 5.26 Å². The van der Waals surface area contributed by atoms with E-state index >= 15 is 0 Å². The highest BCUT2D eigenvalue weighted by molar-refractivity contribution is 8.14. The third kappa shape index (κ3) is 2.93. The average molecular weight is 278 g/mol. The normalized spacial score (nSPS) is 18.5. The highest BCUT2D eigenvalue weighted by atomic mass is 32.2. The van der Waals surface area contributed by atoms with Gasteiger partial charge in [0.05, 0.1) is 17.3 Å². The molecule has 1 atom stereocenters. The number of halogens is 1. The first-order chi connectivity index (χ1) is 9.01. The molecule has 1 unspecified atom stereocenters. The van der Waals surface area contributed by atoms with Gasteiger partial charge in [-0.25, -0.2) is 4.39 Å². The first-order valence-electron chi connectivity index (χ1n) is 5.68. The summed E-state index contributed by atoms with van der Waals surface area (Å²) in [6.45, 7) is 1.73. The van der Waals surface area contributed by atoms with Gasteiger partial charge in [-0.05, 0) is 18.2 Å². The highest BCUT2D eigenvalue weighted by Crippen LogP contribution is 2.30. The minimum absolute atomic E-state index is 0.0640. The van der Waals surface area contributed by atoms with Crippen LogP contribution in [0.1, 0.15) is 18.9 Å². The van der Waals surface area contributed by atoms with Crippen molar-refractivity contribution in [2.75, 3.05) is 11.4 Å². The van der Waals surface area contributed by atoms with Crippen molar-refractivity contribution in [3.05, 3.63) is 29.6 Å². The number of rotatable bonds is 2. The van der Waals surface area contributed by atoms with E-state index in [2.05, 4.69) is 0 Å². The summed E-state index contributed by atoms with van der Waals surface area (Å²) in [4.78, 5) is 24.2. The fourth-order valence-electron chi connectivity index (χ4n) is 2.01. The third-order valence-corrected chi connectivity index (χ3v) is 3.77. The Kier molecular flexibility index (Phi) is 3.86. The third-order valence-electron chi connectivity index (χ3n) is 2.79. The van der Waals surface area contributed by atoms with E-state index in [4.69, 9.17) is 5.26 Å². The molecule has 0 spiro atoms. The van der Waals surface area contributed by atoms with Gasteiger partial charge in [-0.1, -0.05) is 11.8 Å². The molecule has 0 radical (unpaired) electrons. The van der Waals surface area contributed by atoms with Crippen LogP contribution in [0.4, 0.5) is 10.1 Å². The SMILES string of the molecule is CC(=O)SC1CC(=O)N(c2cc(C#N)ccc2F)C1. The standard InChI is InChI=1S/C13H11FN2O2S/c1-8(17)19-10-5-13(18)16(7-10)12-4-9(6-15)2-3-11(12)14/h2-4,10H,5,7H2,1H3. The number of nitriles is 1.